The molecule has 1 aromatic carbocycles. The third kappa shape index (κ3) is 1.93. The van der Waals surface area contributed by atoms with Gasteiger partial charge in [-0.3, -0.25) is 0 Å². The lowest BCUT2D eigenvalue weighted by Gasteiger charge is -2.09. The van der Waals surface area contributed by atoms with Crippen LogP contribution in [0.25, 0.3) is 11.0 Å². The van der Waals surface area contributed by atoms with E-state index >= 15 is 0 Å². The molecule has 1 unspecified atom stereocenters. The van der Waals surface area contributed by atoms with Crippen LogP contribution in [0, 0.1) is 11.7 Å². The van der Waals surface area contributed by atoms with Crippen LogP contribution in [0.15, 0.2) is 18.2 Å². The van der Waals surface area contributed by atoms with Crippen LogP contribution < -0.4 is 5.73 Å². The first-order valence-electron chi connectivity index (χ1n) is 6.01. The zero-order chi connectivity index (χ0) is 12.0. The van der Waals surface area contributed by atoms with Crippen molar-refractivity contribution in [3.8, 4) is 0 Å². The number of imidazole rings is 1. The third-order valence-electron chi connectivity index (χ3n) is 3.58. The van der Waals surface area contributed by atoms with Gasteiger partial charge in [-0.05, 0) is 37.0 Å². The molecule has 2 aromatic rings. The molecule has 17 heavy (non-hydrogen) atoms. The highest BCUT2D eigenvalue weighted by Crippen LogP contribution is 2.33. The largest absolute Gasteiger partial charge is 0.331 e. The molecular weight excluding hydrogens is 217 g/mol. The summed E-state index contributed by atoms with van der Waals surface area (Å²) in [6, 6.07) is 4.88. The maximum atomic E-state index is 13.2. The van der Waals surface area contributed by atoms with Gasteiger partial charge in [-0.1, -0.05) is 0 Å². The molecule has 1 heterocycles. The minimum absolute atomic E-state index is 0.190. The summed E-state index contributed by atoms with van der Waals surface area (Å²) < 4.78 is 15.1. The molecule has 3 rings (SSSR count). The van der Waals surface area contributed by atoms with E-state index in [0.29, 0.717) is 5.92 Å². The predicted octanol–water partition coefficient (Wildman–Crippen LogP) is 1.99. The van der Waals surface area contributed by atoms with Crippen molar-refractivity contribution in [1.82, 2.24) is 9.55 Å². The van der Waals surface area contributed by atoms with Gasteiger partial charge in [-0.15, -0.1) is 0 Å². The van der Waals surface area contributed by atoms with E-state index in [1.165, 1.54) is 25.0 Å². The monoisotopic (exact) mass is 233 g/mol. The van der Waals surface area contributed by atoms with E-state index in [1.54, 1.807) is 6.07 Å². The topological polar surface area (TPSA) is 43.8 Å². The van der Waals surface area contributed by atoms with Crippen LogP contribution >= 0.6 is 0 Å². The van der Waals surface area contributed by atoms with Crippen molar-refractivity contribution in [1.29, 1.82) is 0 Å². The Kier molecular flexibility index (Phi) is 2.40. The molecule has 0 bridgehead atoms. The van der Waals surface area contributed by atoms with Crippen LogP contribution in [-0.4, -0.2) is 15.6 Å². The van der Waals surface area contributed by atoms with E-state index in [0.717, 1.165) is 23.3 Å². The standard InChI is InChI=1S/C13H16FN3/c1-17-12-6-9(14)4-5-11(12)16-13(17)7-10(15)8-2-3-8/h4-6,8,10H,2-3,7,15H2,1H3. The van der Waals surface area contributed by atoms with Gasteiger partial charge in [0, 0.05) is 19.5 Å². The maximum Gasteiger partial charge on any atom is 0.125 e. The first kappa shape index (κ1) is 10.7. The molecule has 1 aromatic heterocycles. The minimum atomic E-state index is -0.224. The summed E-state index contributed by atoms with van der Waals surface area (Å²) >= 11 is 0. The second-order valence-electron chi connectivity index (χ2n) is 4.93. The van der Waals surface area contributed by atoms with E-state index in [4.69, 9.17) is 5.73 Å². The lowest BCUT2D eigenvalue weighted by molar-refractivity contribution is 0.566. The molecule has 0 amide bonds. The van der Waals surface area contributed by atoms with Crippen molar-refractivity contribution in [3.63, 3.8) is 0 Å². The fraction of sp³-hybridized carbons (Fsp3) is 0.462. The molecule has 0 saturated heterocycles. The third-order valence-corrected chi connectivity index (χ3v) is 3.58. The Morgan fingerprint density at radius 3 is 3.00 bits per heavy atom. The number of benzene rings is 1. The Hall–Kier alpha value is -1.42. The zero-order valence-electron chi connectivity index (χ0n) is 9.86. The van der Waals surface area contributed by atoms with Crippen molar-refractivity contribution in [3.05, 3.63) is 29.8 Å². The van der Waals surface area contributed by atoms with E-state index in [1.807, 2.05) is 11.6 Å². The molecule has 1 atom stereocenters. The summed E-state index contributed by atoms with van der Waals surface area (Å²) in [7, 11) is 1.92. The number of aromatic nitrogens is 2. The number of fused-ring (bicyclic) bond motifs is 1. The van der Waals surface area contributed by atoms with Crippen LogP contribution in [-0.2, 0) is 13.5 Å². The summed E-state index contributed by atoms with van der Waals surface area (Å²) in [5.41, 5.74) is 7.78. The van der Waals surface area contributed by atoms with Gasteiger partial charge < -0.3 is 10.3 Å². The molecule has 0 spiro atoms. The van der Waals surface area contributed by atoms with Gasteiger partial charge in [-0.2, -0.15) is 0 Å². The molecule has 90 valence electrons. The van der Waals surface area contributed by atoms with Gasteiger partial charge in [0.25, 0.3) is 0 Å². The van der Waals surface area contributed by atoms with Crippen LogP contribution in [0.5, 0.6) is 0 Å². The zero-order valence-corrected chi connectivity index (χ0v) is 9.86. The lowest BCUT2D eigenvalue weighted by atomic mass is 10.1. The van der Waals surface area contributed by atoms with E-state index in [9.17, 15) is 4.39 Å². The smallest absolute Gasteiger partial charge is 0.125 e. The number of rotatable bonds is 3. The Bertz CT molecular complexity index is 557. The number of hydrogen-bond donors (Lipinski definition) is 1. The molecule has 1 fully saturated rings. The average molecular weight is 233 g/mol. The molecular formula is C13H16FN3. The molecule has 0 aliphatic heterocycles. The maximum absolute atomic E-state index is 13.2. The quantitative estimate of drug-likeness (QED) is 0.881. The van der Waals surface area contributed by atoms with Crippen LogP contribution in [0.2, 0.25) is 0 Å². The van der Waals surface area contributed by atoms with Crippen molar-refractivity contribution < 1.29 is 4.39 Å². The molecule has 1 saturated carbocycles. The van der Waals surface area contributed by atoms with Gasteiger partial charge in [0.05, 0.1) is 11.0 Å². The van der Waals surface area contributed by atoms with Crippen LogP contribution in [0.4, 0.5) is 4.39 Å². The van der Waals surface area contributed by atoms with Gasteiger partial charge in [0.2, 0.25) is 0 Å². The normalized spacial score (nSPS) is 17.6. The number of aryl methyl sites for hydroxylation is 1. The SMILES string of the molecule is Cn1c(CC(N)C2CC2)nc2ccc(F)cc21. The molecule has 0 radical (unpaired) electrons. The first-order valence-corrected chi connectivity index (χ1v) is 6.01. The highest BCUT2D eigenvalue weighted by molar-refractivity contribution is 5.75. The number of halogens is 1. The summed E-state index contributed by atoms with van der Waals surface area (Å²) in [6.07, 6.45) is 3.25. The second-order valence-corrected chi connectivity index (χ2v) is 4.93. The molecule has 1 aliphatic carbocycles. The lowest BCUT2D eigenvalue weighted by Crippen LogP contribution is -2.26. The molecule has 3 nitrogen and oxygen atoms in total. The Morgan fingerprint density at radius 2 is 2.29 bits per heavy atom. The minimum Gasteiger partial charge on any atom is -0.331 e. The first-order chi connectivity index (χ1) is 8.15. The summed E-state index contributed by atoms with van der Waals surface area (Å²) in [5.74, 6) is 1.38. The van der Waals surface area contributed by atoms with Crippen LogP contribution in [0.3, 0.4) is 0 Å². The fourth-order valence-electron chi connectivity index (χ4n) is 2.30. The van der Waals surface area contributed by atoms with Gasteiger partial charge >= 0.3 is 0 Å². The van der Waals surface area contributed by atoms with Crippen molar-refractivity contribution >= 4 is 11.0 Å². The molecule has 1 aliphatic rings. The van der Waals surface area contributed by atoms with E-state index < -0.39 is 0 Å². The van der Waals surface area contributed by atoms with Gasteiger partial charge in [0.15, 0.2) is 0 Å². The Morgan fingerprint density at radius 1 is 1.53 bits per heavy atom. The van der Waals surface area contributed by atoms with E-state index in [2.05, 4.69) is 4.98 Å². The van der Waals surface area contributed by atoms with Crippen molar-refractivity contribution in [2.75, 3.05) is 0 Å². The predicted molar refractivity (Wildman–Crippen MR) is 65.1 cm³/mol. The fourth-order valence-corrected chi connectivity index (χ4v) is 2.30. The molecule has 2 N–H and O–H groups in total. The van der Waals surface area contributed by atoms with Crippen molar-refractivity contribution in [2.45, 2.75) is 25.3 Å². The Labute approximate surface area is 99.4 Å². The number of nitrogens with zero attached hydrogens (tertiary/aromatic N) is 2. The highest BCUT2D eigenvalue weighted by Gasteiger charge is 2.29. The van der Waals surface area contributed by atoms with Crippen LogP contribution in [0.1, 0.15) is 18.7 Å². The number of nitrogens with two attached hydrogens (primary N) is 1. The second kappa shape index (κ2) is 3.81. The van der Waals surface area contributed by atoms with Gasteiger partial charge in [0.1, 0.15) is 11.6 Å². The summed E-state index contributed by atoms with van der Waals surface area (Å²) in [4.78, 5) is 4.52. The Balaban J connectivity index is 1.96. The number of hydrogen-bond acceptors (Lipinski definition) is 2. The van der Waals surface area contributed by atoms with Gasteiger partial charge in [-0.25, -0.2) is 9.37 Å². The van der Waals surface area contributed by atoms with Crippen molar-refractivity contribution in [2.24, 2.45) is 18.7 Å². The summed E-state index contributed by atoms with van der Waals surface area (Å²) in [5, 5.41) is 0. The summed E-state index contributed by atoms with van der Waals surface area (Å²) in [6.45, 7) is 0. The molecule has 4 heteroatoms. The highest BCUT2D eigenvalue weighted by atomic mass is 19.1. The van der Waals surface area contributed by atoms with E-state index in [-0.39, 0.29) is 11.9 Å². The average Bonchev–Trinajstić information content (AvgIpc) is 3.09.